The second-order valence-electron chi connectivity index (χ2n) is 4.43. The van der Waals surface area contributed by atoms with E-state index in [1.54, 1.807) is 6.07 Å². The molecule has 1 aromatic carbocycles. The van der Waals surface area contributed by atoms with Gasteiger partial charge in [-0.05, 0) is 37.1 Å². The van der Waals surface area contributed by atoms with Crippen molar-refractivity contribution in [3.63, 3.8) is 0 Å². The van der Waals surface area contributed by atoms with Crippen LogP contribution in [0.15, 0.2) is 12.1 Å². The number of H-pyrrole nitrogens is 1. The molecule has 0 aliphatic heterocycles. The number of rotatable bonds is 3. The fourth-order valence-corrected chi connectivity index (χ4v) is 2.11. The Balaban J connectivity index is 2.67. The molecule has 0 amide bonds. The number of aryl methyl sites for hydroxylation is 2. The molecule has 0 radical (unpaired) electrons. The quantitative estimate of drug-likeness (QED) is 0.780. The van der Waals surface area contributed by atoms with Gasteiger partial charge in [0, 0.05) is 17.6 Å². The second kappa shape index (κ2) is 4.42. The standard InChI is InChI=1S/C13H15FN2O2/c1-6-7(2)16-12-9(6)3-8(4-11(12)14)10(5-15)13(17)18/h3-4,10,16H,5,15H2,1-2H3,(H,17,18). The maximum Gasteiger partial charge on any atom is 0.312 e. The van der Waals surface area contributed by atoms with Crippen molar-refractivity contribution in [3.8, 4) is 0 Å². The Morgan fingerprint density at radius 1 is 1.50 bits per heavy atom. The van der Waals surface area contributed by atoms with Gasteiger partial charge in [0.15, 0.2) is 0 Å². The number of hydrogen-bond donors (Lipinski definition) is 3. The summed E-state index contributed by atoms with van der Waals surface area (Å²) < 4.78 is 13.9. The van der Waals surface area contributed by atoms with Crippen LogP contribution >= 0.6 is 0 Å². The van der Waals surface area contributed by atoms with E-state index in [9.17, 15) is 9.18 Å². The second-order valence-corrected chi connectivity index (χ2v) is 4.43. The van der Waals surface area contributed by atoms with Gasteiger partial charge >= 0.3 is 5.97 Å². The third-order valence-electron chi connectivity index (χ3n) is 3.33. The maximum atomic E-state index is 13.9. The molecule has 4 N–H and O–H groups in total. The summed E-state index contributed by atoms with van der Waals surface area (Å²) in [5.41, 5.74) is 8.04. The van der Waals surface area contributed by atoms with Gasteiger partial charge in [-0.25, -0.2) is 4.39 Å². The smallest absolute Gasteiger partial charge is 0.312 e. The molecule has 1 unspecified atom stereocenters. The first-order chi connectivity index (χ1) is 8.45. The molecule has 96 valence electrons. The highest BCUT2D eigenvalue weighted by molar-refractivity contribution is 5.87. The van der Waals surface area contributed by atoms with Gasteiger partial charge in [0.2, 0.25) is 0 Å². The molecule has 2 aromatic rings. The summed E-state index contributed by atoms with van der Waals surface area (Å²) in [4.78, 5) is 14.0. The first kappa shape index (κ1) is 12.6. The molecular formula is C13H15FN2O2. The normalized spacial score (nSPS) is 12.9. The number of nitrogens with one attached hydrogen (secondary N) is 1. The Kier molecular flexibility index (Phi) is 3.09. The number of aliphatic carboxylic acids is 1. The van der Waals surface area contributed by atoms with Crippen molar-refractivity contribution in [2.24, 2.45) is 5.73 Å². The Morgan fingerprint density at radius 3 is 2.72 bits per heavy atom. The van der Waals surface area contributed by atoms with Crippen LogP contribution in [-0.2, 0) is 4.79 Å². The monoisotopic (exact) mass is 250 g/mol. The highest BCUT2D eigenvalue weighted by atomic mass is 19.1. The molecule has 0 bridgehead atoms. The van der Waals surface area contributed by atoms with Gasteiger partial charge in [0.1, 0.15) is 5.82 Å². The fraction of sp³-hybridized carbons (Fsp3) is 0.308. The van der Waals surface area contributed by atoms with E-state index in [0.717, 1.165) is 11.3 Å². The number of fused-ring (bicyclic) bond motifs is 1. The lowest BCUT2D eigenvalue weighted by Gasteiger charge is -2.10. The average molecular weight is 250 g/mol. The van der Waals surface area contributed by atoms with Gasteiger partial charge in [-0.1, -0.05) is 0 Å². The largest absolute Gasteiger partial charge is 0.481 e. The number of nitrogens with two attached hydrogens (primary N) is 1. The topological polar surface area (TPSA) is 79.1 Å². The average Bonchev–Trinajstić information content (AvgIpc) is 2.58. The Morgan fingerprint density at radius 2 is 2.17 bits per heavy atom. The lowest BCUT2D eigenvalue weighted by Crippen LogP contribution is -2.21. The van der Waals surface area contributed by atoms with Crippen molar-refractivity contribution < 1.29 is 14.3 Å². The highest BCUT2D eigenvalue weighted by Crippen LogP contribution is 2.28. The fourth-order valence-electron chi connectivity index (χ4n) is 2.11. The predicted octanol–water partition coefficient (Wildman–Crippen LogP) is 2.05. The minimum absolute atomic E-state index is 0.0528. The summed E-state index contributed by atoms with van der Waals surface area (Å²) in [7, 11) is 0. The van der Waals surface area contributed by atoms with Gasteiger partial charge in [0.25, 0.3) is 0 Å². The molecule has 0 spiro atoms. The number of benzene rings is 1. The van der Waals surface area contributed by atoms with Gasteiger partial charge < -0.3 is 15.8 Å². The number of hydrogen-bond acceptors (Lipinski definition) is 2. The first-order valence-corrected chi connectivity index (χ1v) is 5.67. The van der Waals surface area contributed by atoms with Crippen LogP contribution < -0.4 is 5.73 Å². The van der Waals surface area contributed by atoms with Gasteiger partial charge in [-0.15, -0.1) is 0 Å². The van der Waals surface area contributed by atoms with Crippen LogP contribution in [0.4, 0.5) is 4.39 Å². The van der Waals surface area contributed by atoms with Crippen LogP contribution in [-0.4, -0.2) is 22.6 Å². The summed E-state index contributed by atoms with van der Waals surface area (Å²) in [6, 6.07) is 2.94. The zero-order valence-corrected chi connectivity index (χ0v) is 10.2. The van der Waals surface area contributed by atoms with Crippen LogP contribution in [0.2, 0.25) is 0 Å². The molecule has 1 heterocycles. The molecule has 4 nitrogen and oxygen atoms in total. The summed E-state index contributed by atoms with van der Waals surface area (Å²) in [6.07, 6.45) is 0. The Hall–Kier alpha value is -1.88. The van der Waals surface area contributed by atoms with E-state index in [1.807, 2.05) is 13.8 Å². The minimum Gasteiger partial charge on any atom is -0.481 e. The molecule has 0 fully saturated rings. The van der Waals surface area contributed by atoms with E-state index in [2.05, 4.69) is 4.98 Å². The summed E-state index contributed by atoms with van der Waals surface area (Å²) in [5.74, 6) is -2.36. The zero-order valence-electron chi connectivity index (χ0n) is 10.2. The van der Waals surface area contributed by atoms with Crippen LogP contribution in [0.25, 0.3) is 10.9 Å². The summed E-state index contributed by atoms with van der Waals surface area (Å²) >= 11 is 0. The van der Waals surface area contributed by atoms with E-state index in [0.29, 0.717) is 16.5 Å². The lowest BCUT2D eigenvalue weighted by molar-refractivity contribution is -0.138. The van der Waals surface area contributed by atoms with Crippen molar-refractivity contribution in [1.82, 2.24) is 4.98 Å². The van der Waals surface area contributed by atoms with E-state index in [-0.39, 0.29) is 6.54 Å². The van der Waals surface area contributed by atoms with E-state index in [4.69, 9.17) is 10.8 Å². The van der Waals surface area contributed by atoms with Crippen molar-refractivity contribution in [1.29, 1.82) is 0 Å². The lowest BCUT2D eigenvalue weighted by atomic mass is 9.97. The Labute approximate surface area is 104 Å². The predicted molar refractivity (Wildman–Crippen MR) is 67.2 cm³/mol. The summed E-state index contributed by atoms with van der Waals surface area (Å²) in [6.45, 7) is 3.67. The molecular weight excluding hydrogens is 235 g/mol. The Bertz CT molecular complexity index is 619. The highest BCUT2D eigenvalue weighted by Gasteiger charge is 2.21. The van der Waals surface area contributed by atoms with Crippen LogP contribution in [0.5, 0.6) is 0 Å². The molecule has 2 rings (SSSR count). The molecule has 0 saturated carbocycles. The number of aromatic nitrogens is 1. The number of halogens is 1. The number of carboxylic acid groups (broad SMARTS) is 1. The maximum absolute atomic E-state index is 13.9. The van der Waals surface area contributed by atoms with Gasteiger partial charge in [-0.3, -0.25) is 4.79 Å². The molecule has 0 aliphatic carbocycles. The van der Waals surface area contributed by atoms with E-state index < -0.39 is 17.7 Å². The SMILES string of the molecule is Cc1[nH]c2c(F)cc(C(CN)C(=O)O)cc2c1C. The number of aromatic amines is 1. The van der Waals surface area contributed by atoms with E-state index in [1.165, 1.54) is 6.07 Å². The van der Waals surface area contributed by atoms with Crippen molar-refractivity contribution in [2.75, 3.05) is 6.54 Å². The molecule has 18 heavy (non-hydrogen) atoms. The zero-order chi connectivity index (χ0) is 13.4. The van der Waals surface area contributed by atoms with Crippen LogP contribution in [0.3, 0.4) is 0 Å². The van der Waals surface area contributed by atoms with Crippen LogP contribution in [0.1, 0.15) is 22.7 Å². The first-order valence-electron chi connectivity index (χ1n) is 5.67. The van der Waals surface area contributed by atoms with Crippen molar-refractivity contribution in [2.45, 2.75) is 19.8 Å². The molecule has 1 aromatic heterocycles. The minimum atomic E-state index is -1.04. The molecule has 5 heteroatoms. The number of carbonyl (C=O) groups is 1. The number of carboxylic acids is 1. The van der Waals surface area contributed by atoms with E-state index >= 15 is 0 Å². The molecule has 0 saturated heterocycles. The molecule has 1 atom stereocenters. The van der Waals surface area contributed by atoms with Gasteiger partial charge in [-0.2, -0.15) is 0 Å². The molecule has 0 aliphatic rings. The third-order valence-corrected chi connectivity index (χ3v) is 3.33. The van der Waals surface area contributed by atoms with Crippen molar-refractivity contribution >= 4 is 16.9 Å². The van der Waals surface area contributed by atoms with Crippen molar-refractivity contribution in [3.05, 3.63) is 34.8 Å². The summed E-state index contributed by atoms with van der Waals surface area (Å²) in [5, 5.41) is 9.76. The van der Waals surface area contributed by atoms with Gasteiger partial charge in [0.05, 0.1) is 11.4 Å². The third kappa shape index (κ3) is 1.86. The van der Waals surface area contributed by atoms with Crippen LogP contribution in [0, 0.1) is 19.7 Å².